The van der Waals surface area contributed by atoms with Crippen LogP contribution in [-0.4, -0.2) is 11.7 Å². The second kappa shape index (κ2) is 3.90. The van der Waals surface area contributed by atoms with E-state index >= 15 is 0 Å². The predicted molar refractivity (Wildman–Crippen MR) is 50.2 cm³/mol. The molecule has 1 aromatic carbocycles. The minimum atomic E-state index is -0.303. The molecule has 3 N–H and O–H groups in total. The minimum Gasteiger partial charge on any atom is -0.394 e. The van der Waals surface area contributed by atoms with Gasteiger partial charge in [0.15, 0.2) is 0 Å². The molecule has 0 saturated carbocycles. The highest BCUT2D eigenvalue weighted by molar-refractivity contribution is 6.30. The predicted octanol–water partition coefficient (Wildman–Crippen LogP) is 1.64. The first kappa shape index (κ1) is 9.52. The number of hydrogen-bond acceptors (Lipinski definition) is 2. The Morgan fingerprint density at radius 1 is 1.58 bits per heavy atom. The van der Waals surface area contributed by atoms with Crippen LogP contribution in [0.5, 0.6) is 0 Å². The first-order chi connectivity index (χ1) is 5.65. The molecule has 0 bridgehead atoms. The van der Waals surface area contributed by atoms with Gasteiger partial charge in [0.2, 0.25) is 0 Å². The molecule has 1 aromatic rings. The lowest BCUT2D eigenvalue weighted by Crippen LogP contribution is -2.15. The Morgan fingerprint density at radius 2 is 2.25 bits per heavy atom. The van der Waals surface area contributed by atoms with Gasteiger partial charge in [-0.3, -0.25) is 0 Å². The van der Waals surface area contributed by atoms with E-state index in [9.17, 15) is 0 Å². The quantitative estimate of drug-likeness (QED) is 0.736. The van der Waals surface area contributed by atoms with Crippen molar-refractivity contribution < 1.29 is 5.11 Å². The number of hydrogen-bond donors (Lipinski definition) is 2. The van der Waals surface area contributed by atoms with Crippen molar-refractivity contribution in [3.05, 3.63) is 34.3 Å². The summed E-state index contributed by atoms with van der Waals surface area (Å²) in [5.74, 6) is 0. The van der Waals surface area contributed by atoms with Crippen LogP contribution in [0.25, 0.3) is 0 Å². The molecule has 1 atom stereocenters. The van der Waals surface area contributed by atoms with Crippen LogP contribution in [-0.2, 0) is 0 Å². The molecule has 0 aromatic heterocycles. The maximum Gasteiger partial charge on any atom is 0.0624 e. The zero-order valence-corrected chi connectivity index (χ0v) is 7.67. The van der Waals surface area contributed by atoms with Gasteiger partial charge in [-0.2, -0.15) is 0 Å². The van der Waals surface area contributed by atoms with Crippen LogP contribution < -0.4 is 5.73 Å². The largest absolute Gasteiger partial charge is 0.394 e. The molecule has 3 heteroatoms. The Labute approximate surface area is 77.0 Å². The lowest BCUT2D eigenvalue weighted by molar-refractivity contribution is 0.267. The first-order valence-electron chi connectivity index (χ1n) is 3.77. The van der Waals surface area contributed by atoms with E-state index in [0.29, 0.717) is 5.02 Å². The standard InChI is InChI=1S/C9H12ClNO/c1-6-4-7(10)2-3-8(6)9(11)5-12/h2-4,9,12H,5,11H2,1H3/t9-/m0/s1. The molecule has 0 radical (unpaired) electrons. The fourth-order valence-electron chi connectivity index (χ4n) is 1.15. The summed E-state index contributed by atoms with van der Waals surface area (Å²) < 4.78 is 0. The highest BCUT2D eigenvalue weighted by Crippen LogP contribution is 2.19. The van der Waals surface area contributed by atoms with E-state index in [1.807, 2.05) is 19.1 Å². The lowest BCUT2D eigenvalue weighted by atomic mass is 10.0. The Balaban J connectivity index is 3.01. The second-order valence-corrected chi connectivity index (χ2v) is 3.23. The fraction of sp³-hybridized carbons (Fsp3) is 0.333. The molecule has 0 heterocycles. The van der Waals surface area contributed by atoms with Crippen molar-refractivity contribution in [1.82, 2.24) is 0 Å². The summed E-state index contributed by atoms with van der Waals surface area (Å²) in [5, 5.41) is 9.52. The highest BCUT2D eigenvalue weighted by atomic mass is 35.5. The fourth-order valence-corrected chi connectivity index (χ4v) is 1.38. The topological polar surface area (TPSA) is 46.2 Å². The normalized spacial score (nSPS) is 13.0. The van der Waals surface area contributed by atoms with Crippen LogP contribution in [0.2, 0.25) is 5.02 Å². The van der Waals surface area contributed by atoms with Gasteiger partial charge in [-0.1, -0.05) is 17.7 Å². The molecule has 0 aliphatic rings. The van der Waals surface area contributed by atoms with E-state index in [0.717, 1.165) is 11.1 Å². The Hall–Kier alpha value is -0.570. The van der Waals surface area contributed by atoms with Crippen LogP contribution in [0, 0.1) is 6.92 Å². The molecule has 2 nitrogen and oxygen atoms in total. The smallest absolute Gasteiger partial charge is 0.0624 e. The Kier molecular flexibility index (Phi) is 3.09. The SMILES string of the molecule is Cc1cc(Cl)ccc1[C@@H](N)CO. The summed E-state index contributed by atoms with van der Waals surface area (Å²) >= 11 is 5.76. The zero-order chi connectivity index (χ0) is 9.14. The third-order valence-corrected chi connectivity index (χ3v) is 2.06. The van der Waals surface area contributed by atoms with Crippen LogP contribution in [0.1, 0.15) is 17.2 Å². The molecule has 0 saturated heterocycles. The number of benzene rings is 1. The molecule has 0 aliphatic heterocycles. The third-order valence-electron chi connectivity index (χ3n) is 1.83. The van der Waals surface area contributed by atoms with Crippen LogP contribution in [0.3, 0.4) is 0 Å². The summed E-state index contributed by atoms with van der Waals surface area (Å²) in [4.78, 5) is 0. The van der Waals surface area contributed by atoms with Crippen molar-refractivity contribution in [2.45, 2.75) is 13.0 Å². The van der Waals surface area contributed by atoms with Crippen molar-refractivity contribution in [3.8, 4) is 0 Å². The van der Waals surface area contributed by atoms with E-state index < -0.39 is 0 Å². The van der Waals surface area contributed by atoms with Gasteiger partial charge in [0.25, 0.3) is 0 Å². The van der Waals surface area contributed by atoms with Crippen LogP contribution in [0.4, 0.5) is 0 Å². The highest BCUT2D eigenvalue weighted by Gasteiger charge is 2.06. The van der Waals surface area contributed by atoms with E-state index in [1.165, 1.54) is 0 Å². The first-order valence-corrected chi connectivity index (χ1v) is 4.15. The number of rotatable bonds is 2. The summed E-state index contributed by atoms with van der Waals surface area (Å²) in [7, 11) is 0. The zero-order valence-electron chi connectivity index (χ0n) is 6.92. The van der Waals surface area contributed by atoms with E-state index in [1.54, 1.807) is 6.07 Å². The van der Waals surface area contributed by atoms with Gasteiger partial charge in [-0.25, -0.2) is 0 Å². The summed E-state index contributed by atoms with van der Waals surface area (Å²) in [6, 6.07) is 5.16. The molecule has 0 unspecified atom stereocenters. The number of aliphatic hydroxyl groups excluding tert-OH is 1. The van der Waals surface area contributed by atoms with Gasteiger partial charge < -0.3 is 10.8 Å². The van der Waals surface area contributed by atoms with Gasteiger partial charge >= 0.3 is 0 Å². The Bertz CT molecular complexity index is 275. The number of halogens is 1. The van der Waals surface area contributed by atoms with Crippen LogP contribution >= 0.6 is 11.6 Å². The van der Waals surface area contributed by atoms with Gasteiger partial charge in [-0.05, 0) is 30.2 Å². The maximum atomic E-state index is 8.82. The molecule has 12 heavy (non-hydrogen) atoms. The van der Waals surface area contributed by atoms with Crippen molar-refractivity contribution in [3.63, 3.8) is 0 Å². The number of nitrogens with two attached hydrogens (primary N) is 1. The minimum absolute atomic E-state index is 0.0392. The third kappa shape index (κ3) is 1.97. The summed E-state index contributed by atoms with van der Waals surface area (Å²) in [6.07, 6.45) is 0. The van der Waals surface area contributed by atoms with Crippen molar-refractivity contribution in [1.29, 1.82) is 0 Å². The molecule has 66 valence electrons. The van der Waals surface area contributed by atoms with E-state index in [2.05, 4.69) is 0 Å². The number of aryl methyl sites for hydroxylation is 1. The molecule has 0 amide bonds. The van der Waals surface area contributed by atoms with Gasteiger partial charge in [-0.15, -0.1) is 0 Å². The van der Waals surface area contributed by atoms with Gasteiger partial charge in [0, 0.05) is 5.02 Å². The molecular weight excluding hydrogens is 174 g/mol. The van der Waals surface area contributed by atoms with Gasteiger partial charge in [0.1, 0.15) is 0 Å². The summed E-state index contributed by atoms with van der Waals surface area (Å²) in [5.41, 5.74) is 7.62. The lowest BCUT2D eigenvalue weighted by Gasteiger charge is -2.11. The van der Waals surface area contributed by atoms with E-state index in [-0.39, 0.29) is 12.6 Å². The molecule has 0 aliphatic carbocycles. The number of aliphatic hydroxyl groups is 1. The maximum absolute atomic E-state index is 8.82. The Morgan fingerprint density at radius 3 is 2.75 bits per heavy atom. The van der Waals surface area contributed by atoms with Crippen molar-refractivity contribution >= 4 is 11.6 Å². The van der Waals surface area contributed by atoms with Crippen molar-refractivity contribution in [2.75, 3.05) is 6.61 Å². The average molecular weight is 186 g/mol. The van der Waals surface area contributed by atoms with Crippen LogP contribution in [0.15, 0.2) is 18.2 Å². The van der Waals surface area contributed by atoms with Gasteiger partial charge in [0.05, 0.1) is 12.6 Å². The second-order valence-electron chi connectivity index (χ2n) is 2.79. The molecular formula is C9H12ClNO. The monoisotopic (exact) mass is 185 g/mol. The molecule has 0 spiro atoms. The van der Waals surface area contributed by atoms with Crippen molar-refractivity contribution in [2.24, 2.45) is 5.73 Å². The molecule has 1 rings (SSSR count). The van der Waals surface area contributed by atoms with E-state index in [4.69, 9.17) is 22.4 Å². The summed E-state index contributed by atoms with van der Waals surface area (Å²) in [6.45, 7) is 1.89. The average Bonchev–Trinajstić information content (AvgIpc) is 2.03. The molecule has 0 fully saturated rings.